The molecule has 1 rings (SSSR count). The molecular weight excluding hydrogens is 280 g/mol. The number of nitriles is 1. The third-order valence-corrected chi connectivity index (χ3v) is 4.86. The summed E-state index contributed by atoms with van der Waals surface area (Å²) in [5.41, 5.74) is 0.480. The van der Waals surface area contributed by atoms with E-state index in [1.165, 1.54) is 25.2 Å². The first-order valence-corrected chi connectivity index (χ1v) is 7.48. The summed E-state index contributed by atoms with van der Waals surface area (Å²) in [4.78, 5) is 11.0. The van der Waals surface area contributed by atoms with Crippen LogP contribution in [0, 0.1) is 11.3 Å². The second-order valence-corrected chi connectivity index (χ2v) is 6.23. The van der Waals surface area contributed by atoms with Gasteiger partial charge in [0.15, 0.2) is 0 Å². The summed E-state index contributed by atoms with van der Waals surface area (Å²) in [6, 6.07) is 5.94. The van der Waals surface area contributed by atoms with Crippen molar-refractivity contribution in [1.29, 1.82) is 5.26 Å². The smallest absolute Gasteiger partial charge is 0.335 e. The van der Waals surface area contributed by atoms with Gasteiger partial charge in [0.05, 0.1) is 16.5 Å². The van der Waals surface area contributed by atoms with Gasteiger partial charge in [-0.15, -0.1) is 0 Å². The van der Waals surface area contributed by atoms with Crippen LogP contribution in [0.2, 0.25) is 0 Å². The number of rotatable bonds is 6. The lowest BCUT2D eigenvalue weighted by Crippen LogP contribution is -2.28. The highest BCUT2D eigenvalue weighted by Crippen LogP contribution is 2.22. The van der Waals surface area contributed by atoms with Crippen LogP contribution in [0.1, 0.15) is 29.3 Å². The van der Waals surface area contributed by atoms with Gasteiger partial charge in [-0.25, -0.2) is 13.2 Å². The molecule has 1 N–H and O–H groups in total. The Bertz CT molecular complexity index is 647. The zero-order valence-electron chi connectivity index (χ0n) is 11.3. The quantitative estimate of drug-likeness (QED) is 0.857. The van der Waals surface area contributed by atoms with Crippen molar-refractivity contribution in [2.24, 2.45) is 0 Å². The van der Waals surface area contributed by atoms with Crippen molar-refractivity contribution in [3.05, 3.63) is 29.3 Å². The molecule has 0 radical (unpaired) electrons. The van der Waals surface area contributed by atoms with Crippen LogP contribution in [0.15, 0.2) is 23.1 Å². The molecule has 7 heteroatoms. The van der Waals surface area contributed by atoms with Crippen LogP contribution in [0.5, 0.6) is 0 Å². The molecule has 0 spiro atoms. The molecule has 0 saturated heterocycles. The Morgan fingerprint density at radius 3 is 2.60 bits per heavy atom. The molecule has 0 heterocycles. The highest BCUT2D eigenvalue weighted by molar-refractivity contribution is 7.89. The zero-order chi connectivity index (χ0) is 15.3. The summed E-state index contributed by atoms with van der Waals surface area (Å²) in [6.45, 7) is 1.86. The van der Waals surface area contributed by atoms with Crippen LogP contribution in [0.3, 0.4) is 0 Å². The molecule has 108 valence electrons. The first kappa shape index (κ1) is 16.1. The maximum Gasteiger partial charge on any atom is 0.335 e. The Morgan fingerprint density at radius 1 is 1.45 bits per heavy atom. The van der Waals surface area contributed by atoms with Crippen molar-refractivity contribution >= 4 is 16.0 Å². The summed E-state index contributed by atoms with van der Waals surface area (Å²) >= 11 is 0. The third kappa shape index (κ3) is 3.35. The van der Waals surface area contributed by atoms with Crippen molar-refractivity contribution in [3.63, 3.8) is 0 Å². The lowest BCUT2D eigenvalue weighted by atomic mass is 10.1. The molecule has 1 aromatic rings. The molecule has 0 aromatic heterocycles. The van der Waals surface area contributed by atoms with E-state index in [1.807, 2.05) is 6.07 Å². The van der Waals surface area contributed by atoms with Crippen molar-refractivity contribution in [2.75, 3.05) is 13.6 Å². The van der Waals surface area contributed by atoms with Gasteiger partial charge in [-0.3, -0.25) is 0 Å². The number of hydrogen-bond acceptors (Lipinski definition) is 4. The lowest BCUT2D eigenvalue weighted by molar-refractivity contribution is 0.0696. The van der Waals surface area contributed by atoms with Crippen molar-refractivity contribution in [2.45, 2.75) is 24.7 Å². The molecule has 0 fully saturated rings. The van der Waals surface area contributed by atoms with Crippen molar-refractivity contribution < 1.29 is 18.3 Å². The molecule has 0 saturated carbocycles. The average molecular weight is 296 g/mol. The van der Waals surface area contributed by atoms with Crippen molar-refractivity contribution in [1.82, 2.24) is 4.31 Å². The molecule has 20 heavy (non-hydrogen) atoms. The molecule has 0 bridgehead atoms. The topological polar surface area (TPSA) is 98.5 Å². The molecule has 0 amide bonds. The van der Waals surface area contributed by atoms with Gasteiger partial charge in [0, 0.05) is 20.0 Å². The molecule has 0 unspecified atom stereocenters. The molecular formula is C13H16N2O4S. The standard InChI is InChI=1S/C13H16N2O4S/c1-3-10-5-6-11(13(16)17)9-12(10)20(18,19)15(2)8-4-7-14/h5-6,9H,3-4,8H2,1-2H3,(H,16,17). The summed E-state index contributed by atoms with van der Waals surface area (Å²) in [5.74, 6) is -1.18. The summed E-state index contributed by atoms with van der Waals surface area (Å²) < 4.78 is 25.9. The first-order chi connectivity index (χ1) is 9.34. The first-order valence-electron chi connectivity index (χ1n) is 6.04. The number of aromatic carboxylic acids is 1. The Morgan fingerprint density at radius 2 is 2.10 bits per heavy atom. The number of sulfonamides is 1. The molecule has 6 nitrogen and oxygen atoms in total. The monoisotopic (exact) mass is 296 g/mol. The van der Waals surface area contributed by atoms with E-state index in [9.17, 15) is 13.2 Å². The highest BCUT2D eigenvalue weighted by atomic mass is 32.2. The van der Waals surface area contributed by atoms with Gasteiger partial charge in [-0.05, 0) is 24.1 Å². The largest absolute Gasteiger partial charge is 0.478 e. The Balaban J connectivity index is 3.32. The predicted molar refractivity (Wildman–Crippen MR) is 72.8 cm³/mol. The third-order valence-electron chi connectivity index (χ3n) is 2.92. The van der Waals surface area contributed by atoms with Gasteiger partial charge in [0.2, 0.25) is 10.0 Å². The van der Waals surface area contributed by atoms with E-state index in [0.717, 1.165) is 4.31 Å². The molecule has 0 atom stereocenters. The second kappa shape index (κ2) is 6.50. The van der Waals surface area contributed by atoms with E-state index in [1.54, 1.807) is 6.92 Å². The van der Waals surface area contributed by atoms with Crippen LogP contribution in [0.25, 0.3) is 0 Å². The average Bonchev–Trinajstić information content (AvgIpc) is 2.43. The maximum atomic E-state index is 12.4. The van der Waals surface area contributed by atoms with Crippen LogP contribution in [-0.4, -0.2) is 37.4 Å². The minimum absolute atomic E-state index is 0.0136. The predicted octanol–water partition coefficient (Wildman–Crippen LogP) is 1.48. The minimum Gasteiger partial charge on any atom is -0.478 e. The summed E-state index contributed by atoms with van der Waals surface area (Å²) in [5, 5.41) is 17.5. The van der Waals surface area contributed by atoms with Crippen LogP contribution >= 0.6 is 0 Å². The van der Waals surface area contributed by atoms with E-state index < -0.39 is 16.0 Å². The number of nitrogens with zero attached hydrogens (tertiary/aromatic N) is 2. The molecule has 0 aliphatic rings. The molecule has 0 aliphatic heterocycles. The van der Waals surface area contributed by atoms with Crippen molar-refractivity contribution in [3.8, 4) is 6.07 Å². The fraction of sp³-hybridized carbons (Fsp3) is 0.385. The van der Waals surface area contributed by atoms with E-state index in [4.69, 9.17) is 10.4 Å². The fourth-order valence-corrected chi connectivity index (χ4v) is 3.20. The molecule has 0 aliphatic carbocycles. The van der Waals surface area contributed by atoms with Crippen LogP contribution in [-0.2, 0) is 16.4 Å². The number of aryl methyl sites for hydroxylation is 1. The number of carbonyl (C=O) groups is 1. The van der Waals surface area contributed by atoms with E-state index in [0.29, 0.717) is 12.0 Å². The Kier molecular flexibility index (Phi) is 5.25. The van der Waals surface area contributed by atoms with Crippen LogP contribution in [0.4, 0.5) is 0 Å². The lowest BCUT2D eigenvalue weighted by Gasteiger charge is -2.18. The summed E-state index contributed by atoms with van der Waals surface area (Å²) in [6.07, 6.45) is 0.552. The number of carboxylic acid groups (broad SMARTS) is 1. The highest BCUT2D eigenvalue weighted by Gasteiger charge is 2.24. The van der Waals surface area contributed by atoms with Gasteiger partial charge in [0.1, 0.15) is 0 Å². The zero-order valence-corrected chi connectivity index (χ0v) is 12.1. The van der Waals surface area contributed by atoms with Crippen LogP contribution < -0.4 is 0 Å². The Labute approximate surface area is 118 Å². The van der Waals surface area contributed by atoms with Gasteiger partial charge in [-0.2, -0.15) is 9.57 Å². The molecule has 1 aromatic carbocycles. The minimum atomic E-state index is -3.79. The van der Waals surface area contributed by atoms with Gasteiger partial charge in [0.25, 0.3) is 0 Å². The normalized spacial score (nSPS) is 11.3. The maximum absolute atomic E-state index is 12.4. The SMILES string of the molecule is CCc1ccc(C(=O)O)cc1S(=O)(=O)N(C)CCC#N. The van der Waals surface area contributed by atoms with Gasteiger partial charge < -0.3 is 5.11 Å². The fourth-order valence-electron chi connectivity index (χ4n) is 1.72. The number of hydrogen-bond donors (Lipinski definition) is 1. The van der Waals surface area contributed by atoms with E-state index >= 15 is 0 Å². The number of benzene rings is 1. The number of carboxylic acids is 1. The van der Waals surface area contributed by atoms with E-state index in [-0.39, 0.29) is 23.4 Å². The van der Waals surface area contributed by atoms with Gasteiger partial charge >= 0.3 is 5.97 Å². The second-order valence-electron chi connectivity index (χ2n) is 4.22. The van der Waals surface area contributed by atoms with Gasteiger partial charge in [-0.1, -0.05) is 13.0 Å². The summed E-state index contributed by atoms with van der Waals surface area (Å²) in [7, 11) is -2.42. The van der Waals surface area contributed by atoms with E-state index in [2.05, 4.69) is 0 Å². The Hall–Kier alpha value is -1.91.